The predicted molar refractivity (Wildman–Crippen MR) is 146 cm³/mol. The van der Waals surface area contributed by atoms with Crippen molar-refractivity contribution in [1.82, 2.24) is 9.88 Å². The zero-order chi connectivity index (χ0) is 24.8. The summed E-state index contributed by atoms with van der Waals surface area (Å²) in [6.45, 7) is 13.1. The molecule has 0 saturated carbocycles. The molecule has 0 amide bonds. The molecule has 3 heteroatoms. The second-order valence-corrected chi connectivity index (χ2v) is 11.7. The molecule has 0 bridgehead atoms. The van der Waals surface area contributed by atoms with Crippen LogP contribution in [0, 0.1) is 29.6 Å². The summed E-state index contributed by atoms with van der Waals surface area (Å²) in [6.07, 6.45) is 18.6. The standard InChI is InChI=1S/C31H52N2O/c1-26(2)13-8-14-27(3)15-9-16-28(4)17-10-20-31(5,34)21-12-24-33-23-7-6-19-30(33)29-18-11-22-32-25-29/h11,18,22,25-28,30,34H,6-10,13-17,19-20,23-24H2,1-5H3. The molecule has 2 heterocycles. The Morgan fingerprint density at radius 1 is 1.03 bits per heavy atom. The Hall–Kier alpha value is -1.37. The lowest BCUT2D eigenvalue weighted by atomic mass is 9.90. The molecule has 1 aromatic heterocycles. The Balaban J connectivity index is 1.65. The lowest BCUT2D eigenvalue weighted by Gasteiger charge is -2.34. The molecule has 1 aromatic rings. The second kappa shape index (κ2) is 15.6. The van der Waals surface area contributed by atoms with Gasteiger partial charge in [0.05, 0.1) is 6.54 Å². The third-order valence-corrected chi connectivity index (χ3v) is 7.56. The first-order valence-electron chi connectivity index (χ1n) is 14.1. The van der Waals surface area contributed by atoms with Crippen molar-refractivity contribution in [2.45, 2.75) is 123 Å². The lowest BCUT2D eigenvalue weighted by Crippen LogP contribution is -2.34. The second-order valence-electron chi connectivity index (χ2n) is 11.7. The van der Waals surface area contributed by atoms with E-state index in [9.17, 15) is 5.11 Å². The molecular weight excluding hydrogens is 416 g/mol. The van der Waals surface area contributed by atoms with E-state index < -0.39 is 5.60 Å². The number of nitrogens with zero attached hydrogens (tertiary/aromatic N) is 2. The van der Waals surface area contributed by atoms with Gasteiger partial charge in [0.2, 0.25) is 0 Å². The largest absolute Gasteiger partial charge is 0.378 e. The van der Waals surface area contributed by atoms with Gasteiger partial charge < -0.3 is 5.11 Å². The summed E-state index contributed by atoms with van der Waals surface area (Å²) in [5, 5.41) is 10.8. The van der Waals surface area contributed by atoms with Gasteiger partial charge in [0.1, 0.15) is 5.60 Å². The Morgan fingerprint density at radius 3 is 2.35 bits per heavy atom. The van der Waals surface area contributed by atoms with Gasteiger partial charge in [-0.15, -0.1) is 0 Å². The normalized spacial score (nSPS) is 20.4. The molecule has 1 N–H and O–H groups in total. The number of piperidine rings is 1. The SMILES string of the molecule is CC(C)CCCC(C)CCCC(C)CCCC(C)(O)C#CCN1CCCCC1c1cccnc1. The van der Waals surface area contributed by atoms with E-state index in [2.05, 4.69) is 55.5 Å². The van der Waals surface area contributed by atoms with Crippen LogP contribution in [0.2, 0.25) is 0 Å². The third-order valence-electron chi connectivity index (χ3n) is 7.56. The van der Waals surface area contributed by atoms with E-state index >= 15 is 0 Å². The molecular formula is C31H52N2O. The summed E-state index contributed by atoms with van der Waals surface area (Å²) in [6, 6.07) is 4.60. The van der Waals surface area contributed by atoms with Crippen LogP contribution in [-0.4, -0.2) is 33.7 Å². The first-order chi connectivity index (χ1) is 16.3. The van der Waals surface area contributed by atoms with Crippen molar-refractivity contribution < 1.29 is 5.11 Å². The number of rotatable bonds is 14. The van der Waals surface area contributed by atoms with Gasteiger partial charge >= 0.3 is 0 Å². The van der Waals surface area contributed by atoms with E-state index in [-0.39, 0.29) is 0 Å². The monoisotopic (exact) mass is 468 g/mol. The van der Waals surface area contributed by atoms with Crippen molar-refractivity contribution >= 4 is 0 Å². The zero-order valence-electron chi connectivity index (χ0n) is 22.9. The fourth-order valence-electron chi connectivity index (χ4n) is 5.30. The smallest absolute Gasteiger partial charge is 0.122 e. The highest BCUT2D eigenvalue weighted by atomic mass is 16.3. The van der Waals surface area contributed by atoms with Crippen LogP contribution in [0.1, 0.15) is 123 Å². The summed E-state index contributed by atoms with van der Waals surface area (Å²) in [7, 11) is 0. The van der Waals surface area contributed by atoms with Crippen molar-refractivity contribution in [2.75, 3.05) is 13.1 Å². The first kappa shape index (κ1) is 28.9. The Bertz CT molecular complexity index is 718. The van der Waals surface area contributed by atoms with Crippen LogP contribution in [0.5, 0.6) is 0 Å². The Kier molecular flexibility index (Phi) is 13.2. The maximum absolute atomic E-state index is 10.8. The molecule has 2 rings (SSSR count). The molecule has 4 atom stereocenters. The lowest BCUT2D eigenvalue weighted by molar-refractivity contribution is 0.107. The molecule has 192 valence electrons. The third kappa shape index (κ3) is 11.9. The van der Waals surface area contributed by atoms with Crippen LogP contribution in [0.4, 0.5) is 0 Å². The van der Waals surface area contributed by atoms with Gasteiger partial charge in [-0.05, 0) is 68.5 Å². The molecule has 0 spiro atoms. The van der Waals surface area contributed by atoms with E-state index in [0.717, 1.165) is 43.7 Å². The topological polar surface area (TPSA) is 36.4 Å². The molecule has 1 saturated heterocycles. The van der Waals surface area contributed by atoms with Gasteiger partial charge in [-0.1, -0.05) is 97.0 Å². The number of likely N-dealkylation sites (tertiary alicyclic amines) is 1. The van der Waals surface area contributed by atoms with Crippen molar-refractivity contribution in [1.29, 1.82) is 0 Å². The van der Waals surface area contributed by atoms with E-state index in [1.807, 2.05) is 25.4 Å². The number of hydrogen-bond acceptors (Lipinski definition) is 3. The zero-order valence-corrected chi connectivity index (χ0v) is 22.9. The summed E-state index contributed by atoms with van der Waals surface area (Å²) in [5.41, 5.74) is 0.402. The van der Waals surface area contributed by atoms with Gasteiger partial charge in [0.25, 0.3) is 0 Å². The van der Waals surface area contributed by atoms with Crippen molar-refractivity contribution in [3.63, 3.8) is 0 Å². The van der Waals surface area contributed by atoms with E-state index in [0.29, 0.717) is 6.04 Å². The highest BCUT2D eigenvalue weighted by Gasteiger charge is 2.23. The van der Waals surface area contributed by atoms with Crippen molar-refractivity contribution in [3.05, 3.63) is 30.1 Å². The molecule has 4 unspecified atom stereocenters. The minimum absolute atomic E-state index is 0.403. The maximum Gasteiger partial charge on any atom is 0.122 e. The first-order valence-corrected chi connectivity index (χ1v) is 14.1. The summed E-state index contributed by atoms with van der Waals surface area (Å²) in [5.74, 6) is 8.93. The average Bonchev–Trinajstić information content (AvgIpc) is 2.79. The van der Waals surface area contributed by atoms with Crippen LogP contribution < -0.4 is 0 Å². The molecule has 1 fully saturated rings. The van der Waals surface area contributed by atoms with Crippen LogP contribution in [0.3, 0.4) is 0 Å². The van der Waals surface area contributed by atoms with E-state index in [1.165, 1.54) is 69.8 Å². The van der Waals surface area contributed by atoms with Gasteiger partial charge in [-0.2, -0.15) is 0 Å². The van der Waals surface area contributed by atoms with Gasteiger partial charge in [-0.25, -0.2) is 0 Å². The molecule has 34 heavy (non-hydrogen) atoms. The number of hydrogen-bond donors (Lipinski definition) is 1. The fraction of sp³-hybridized carbons (Fsp3) is 0.774. The van der Waals surface area contributed by atoms with Crippen LogP contribution in [-0.2, 0) is 0 Å². The molecule has 1 aliphatic heterocycles. The predicted octanol–water partition coefficient (Wildman–Crippen LogP) is 7.80. The number of pyridine rings is 1. The van der Waals surface area contributed by atoms with Crippen LogP contribution >= 0.6 is 0 Å². The minimum Gasteiger partial charge on any atom is -0.378 e. The van der Waals surface area contributed by atoms with E-state index in [1.54, 1.807) is 0 Å². The highest BCUT2D eigenvalue weighted by molar-refractivity contribution is 5.17. The Morgan fingerprint density at radius 2 is 1.71 bits per heavy atom. The maximum atomic E-state index is 10.8. The molecule has 0 radical (unpaired) electrons. The van der Waals surface area contributed by atoms with Crippen molar-refractivity contribution in [2.24, 2.45) is 17.8 Å². The Labute approximate surface area is 211 Å². The van der Waals surface area contributed by atoms with Gasteiger partial charge in [0.15, 0.2) is 0 Å². The highest BCUT2D eigenvalue weighted by Crippen LogP contribution is 2.30. The quantitative estimate of drug-likeness (QED) is 0.283. The molecule has 3 nitrogen and oxygen atoms in total. The summed E-state index contributed by atoms with van der Waals surface area (Å²) < 4.78 is 0. The number of aliphatic hydroxyl groups is 1. The van der Waals surface area contributed by atoms with Crippen LogP contribution in [0.25, 0.3) is 0 Å². The van der Waals surface area contributed by atoms with Gasteiger partial charge in [0, 0.05) is 18.4 Å². The molecule has 1 aliphatic rings. The van der Waals surface area contributed by atoms with E-state index in [4.69, 9.17) is 0 Å². The number of aromatic nitrogens is 1. The van der Waals surface area contributed by atoms with Crippen LogP contribution in [0.15, 0.2) is 24.5 Å². The average molecular weight is 469 g/mol. The minimum atomic E-state index is -0.885. The van der Waals surface area contributed by atoms with Crippen molar-refractivity contribution in [3.8, 4) is 11.8 Å². The van der Waals surface area contributed by atoms with Gasteiger partial charge in [-0.3, -0.25) is 9.88 Å². The fourth-order valence-corrected chi connectivity index (χ4v) is 5.30. The summed E-state index contributed by atoms with van der Waals surface area (Å²) in [4.78, 5) is 6.76. The molecule has 0 aliphatic carbocycles. The summed E-state index contributed by atoms with van der Waals surface area (Å²) >= 11 is 0. The molecule has 0 aromatic carbocycles.